The molecule has 0 radical (unpaired) electrons. The number of fused-ring (bicyclic) bond motifs is 1. The van der Waals surface area contributed by atoms with Gasteiger partial charge < -0.3 is 14.8 Å². The summed E-state index contributed by atoms with van der Waals surface area (Å²) in [6, 6.07) is 14.5. The van der Waals surface area contributed by atoms with E-state index in [9.17, 15) is 9.59 Å². The number of hydrogen-bond donors (Lipinski definition) is 2. The Labute approximate surface area is 246 Å². The lowest BCUT2D eigenvalue weighted by molar-refractivity contribution is -0.129. The lowest BCUT2D eigenvalue weighted by atomic mass is 9.97. The molecule has 0 saturated carbocycles. The number of anilines is 2. The summed E-state index contributed by atoms with van der Waals surface area (Å²) in [5.74, 6) is -0.560. The van der Waals surface area contributed by atoms with Crippen molar-refractivity contribution in [2.75, 3.05) is 17.3 Å². The Balaban J connectivity index is 1.47. The maximum atomic E-state index is 13.5. The van der Waals surface area contributed by atoms with Gasteiger partial charge in [0.2, 0.25) is 5.78 Å². The minimum atomic E-state index is -0.608. The molecule has 1 aromatic heterocycles. The van der Waals surface area contributed by atoms with E-state index in [1.165, 1.54) is 23.8 Å². The van der Waals surface area contributed by atoms with Crippen LogP contribution in [0.15, 0.2) is 102 Å². The van der Waals surface area contributed by atoms with Crippen LogP contribution in [0.3, 0.4) is 0 Å². The van der Waals surface area contributed by atoms with Crippen LogP contribution in [0, 0.1) is 0 Å². The van der Waals surface area contributed by atoms with E-state index in [1.54, 1.807) is 25.4 Å². The predicted octanol–water partition coefficient (Wildman–Crippen LogP) is 4.92. The van der Waals surface area contributed by atoms with Gasteiger partial charge in [0.1, 0.15) is 17.6 Å². The van der Waals surface area contributed by atoms with Gasteiger partial charge in [0.15, 0.2) is 0 Å². The largest absolute Gasteiger partial charge is 0.361 e. The molecule has 0 fully saturated rings. The van der Waals surface area contributed by atoms with Gasteiger partial charge in [0.25, 0.3) is 5.91 Å². The van der Waals surface area contributed by atoms with Crippen LogP contribution in [0.2, 0.25) is 0 Å². The summed E-state index contributed by atoms with van der Waals surface area (Å²) in [5.41, 5.74) is 8.16. The lowest BCUT2D eigenvalue weighted by Crippen LogP contribution is -2.41. The number of carbonyl (C=O) groups is 2. The number of imidazole rings is 1. The van der Waals surface area contributed by atoms with Crippen LogP contribution in [0.5, 0.6) is 0 Å². The number of hydroxylamine groups is 1. The van der Waals surface area contributed by atoms with Crippen LogP contribution < -0.4 is 15.7 Å². The number of amidine groups is 1. The Hall–Kier alpha value is -4.76. The third-order valence-corrected chi connectivity index (χ3v) is 7.43. The van der Waals surface area contributed by atoms with Crippen molar-refractivity contribution in [2.45, 2.75) is 52.2 Å². The molecular formula is C33H36N6O3. The SMILES string of the molecule is CC=CC(/N=C1\C(=C/C)C(=O)C(C(=O)NOC)=CN1c1ccc2c(c1)CCC2)Nc1ccc(CCn2ccnc2)cc1. The molecule has 1 aliphatic carbocycles. The van der Waals surface area contributed by atoms with E-state index in [0.29, 0.717) is 11.4 Å². The van der Waals surface area contributed by atoms with Gasteiger partial charge in [-0.25, -0.2) is 15.5 Å². The van der Waals surface area contributed by atoms with Crippen LogP contribution in [0.4, 0.5) is 11.4 Å². The smallest absolute Gasteiger partial charge is 0.280 e. The Bertz CT molecular complexity index is 1550. The number of hydrogen-bond acceptors (Lipinski definition) is 6. The van der Waals surface area contributed by atoms with Crippen molar-refractivity contribution in [3.8, 4) is 0 Å². The fraction of sp³-hybridized carbons (Fsp3) is 0.273. The molecule has 3 aromatic rings. The molecule has 0 saturated heterocycles. The van der Waals surface area contributed by atoms with Gasteiger partial charge in [-0.2, -0.15) is 0 Å². The molecule has 42 heavy (non-hydrogen) atoms. The summed E-state index contributed by atoms with van der Waals surface area (Å²) in [5, 5.41) is 3.48. The van der Waals surface area contributed by atoms with Gasteiger partial charge in [-0.1, -0.05) is 30.4 Å². The van der Waals surface area contributed by atoms with Crippen molar-refractivity contribution < 1.29 is 14.4 Å². The van der Waals surface area contributed by atoms with Crippen LogP contribution in [-0.4, -0.2) is 40.4 Å². The second kappa shape index (κ2) is 13.3. The van der Waals surface area contributed by atoms with Crippen LogP contribution in [0.25, 0.3) is 0 Å². The number of aryl methyl sites for hydroxylation is 4. The molecule has 5 rings (SSSR count). The van der Waals surface area contributed by atoms with Crippen molar-refractivity contribution in [3.05, 3.63) is 113 Å². The molecule has 1 amide bonds. The highest BCUT2D eigenvalue weighted by Crippen LogP contribution is 2.31. The molecule has 2 heterocycles. The highest BCUT2D eigenvalue weighted by molar-refractivity contribution is 6.40. The Morgan fingerprint density at radius 1 is 1.14 bits per heavy atom. The molecule has 9 heteroatoms. The summed E-state index contributed by atoms with van der Waals surface area (Å²) in [6.45, 7) is 4.57. The Kier molecular flexibility index (Phi) is 9.08. The van der Waals surface area contributed by atoms with E-state index in [1.807, 2.05) is 54.7 Å². The number of Topliss-reactive ketones (excluding diaryl/α,β-unsaturated/α-hetero) is 1. The molecular weight excluding hydrogens is 528 g/mol. The van der Waals surface area contributed by atoms with Crippen molar-refractivity contribution in [2.24, 2.45) is 4.99 Å². The molecule has 0 spiro atoms. The van der Waals surface area contributed by atoms with E-state index in [0.717, 1.165) is 43.6 Å². The topological polar surface area (TPSA) is 101 Å². The van der Waals surface area contributed by atoms with Gasteiger partial charge in [-0.3, -0.25) is 14.4 Å². The zero-order valence-electron chi connectivity index (χ0n) is 24.2. The van der Waals surface area contributed by atoms with Gasteiger partial charge in [0.05, 0.1) is 19.0 Å². The second-order valence-electron chi connectivity index (χ2n) is 10.2. The summed E-state index contributed by atoms with van der Waals surface area (Å²) in [6.07, 6.45) is 16.3. The van der Waals surface area contributed by atoms with Gasteiger partial charge in [0, 0.05) is 36.5 Å². The molecule has 216 valence electrons. The molecule has 2 N–H and O–H groups in total. The average Bonchev–Trinajstić information content (AvgIpc) is 3.69. The van der Waals surface area contributed by atoms with E-state index in [2.05, 4.69) is 44.6 Å². The third-order valence-electron chi connectivity index (χ3n) is 7.43. The van der Waals surface area contributed by atoms with Crippen LogP contribution >= 0.6 is 0 Å². The second-order valence-corrected chi connectivity index (χ2v) is 10.2. The first-order valence-electron chi connectivity index (χ1n) is 14.2. The summed E-state index contributed by atoms with van der Waals surface area (Å²) >= 11 is 0. The summed E-state index contributed by atoms with van der Waals surface area (Å²) in [7, 11) is 1.34. The fourth-order valence-corrected chi connectivity index (χ4v) is 5.28. The summed E-state index contributed by atoms with van der Waals surface area (Å²) in [4.78, 5) is 42.1. The first-order valence-corrected chi connectivity index (χ1v) is 14.2. The number of nitrogens with zero attached hydrogens (tertiary/aromatic N) is 4. The number of allylic oxidation sites excluding steroid dienone is 2. The molecule has 0 bridgehead atoms. The quantitative estimate of drug-likeness (QED) is 0.157. The standard InChI is InChI=1S/C33H36N6O3/c1-4-7-30(35-26-13-10-23(11-14-26)16-18-38-19-17-34-22-38)36-32-28(5-2)31(40)29(33(41)37-42-3)21-39(32)27-15-12-24-8-6-9-25(24)20-27/h4-5,7,10-15,17,19-22,30,35H,6,8-9,16,18H2,1-3H3,(H,37,41)/b7-4?,28-5-,36-32+. The zero-order chi connectivity index (χ0) is 29.5. The molecule has 1 atom stereocenters. The molecule has 1 unspecified atom stereocenters. The monoisotopic (exact) mass is 564 g/mol. The third kappa shape index (κ3) is 6.42. The molecule has 2 aromatic carbocycles. The Morgan fingerprint density at radius 2 is 1.95 bits per heavy atom. The fourth-order valence-electron chi connectivity index (χ4n) is 5.28. The summed E-state index contributed by atoms with van der Waals surface area (Å²) < 4.78 is 2.06. The lowest BCUT2D eigenvalue weighted by Gasteiger charge is -2.30. The minimum absolute atomic E-state index is 0.0220. The number of aliphatic imine (C=N–C) groups is 1. The number of benzene rings is 2. The van der Waals surface area contributed by atoms with Crippen molar-refractivity contribution >= 4 is 28.9 Å². The molecule has 1 aliphatic heterocycles. The number of rotatable bonds is 10. The van der Waals surface area contributed by atoms with Crippen LogP contribution in [0.1, 0.15) is 37.0 Å². The van der Waals surface area contributed by atoms with Gasteiger partial charge in [-0.05, 0) is 86.6 Å². The number of aromatic nitrogens is 2. The molecule has 9 nitrogen and oxygen atoms in total. The van der Waals surface area contributed by atoms with E-state index in [4.69, 9.17) is 9.83 Å². The van der Waals surface area contributed by atoms with E-state index < -0.39 is 17.9 Å². The highest BCUT2D eigenvalue weighted by atomic mass is 16.6. The van der Waals surface area contributed by atoms with Gasteiger partial charge in [-0.15, -0.1) is 0 Å². The normalized spacial score (nSPS) is 17.5. The molecule has 2 aliphatic rings. The van der Waals surface area contributed by atoms with Crippen molar-refractivity contribution in [3.63, 3.8) is 0 Å². The maximum absolute atomic E-state index is 13.5. The predicted molar refractivity (Wildman–Crippen MR) is 165 cm³/mol. The highest BCUT2D eigenvalue weighted by Gasteiger charge is 2.34. The number of nitrogens with one attached hydrogen (secondary N) is 2. The van der Waals surface area contributed by atoms with Crippen molar-refractivity contribution in [1.82, 2.24) is 15.0 Å². The van der Waals surface area contributed by atoms with Crippen LogP contribution in [-0.2, 0) is 40.2 Å². The first kappa shape index (κ1) is 28.8. The Morgan fingerprint density at radius 3 is 2.67 bits per heavy atom. The first-order chi connectivity index (χ1) is 20.5. The van der Waals surface area contributed by atoms with E-state index in [-0.39, 0.29) is 5.57 Å². The number of amides is 1. The number of ketones is 1. The van der Waals surface area contributed by atoms with E-state index >= 15 is 0 Å². The van der Waals surface area contributed by atoms with Gasteiger partial charge >= 0.3 is 0 Å². The van der Waals surface area contributed by atoms with Crippen molar-refractivity contribution in [1.29, 1.82) is 0 Å². The average molecular weight is 565 g/mol. The maximum Gasteiger partial charge on any atom is 0.280 e. The minimum Gasteiger partial charge on any atom is -0.361 e. The zero-order valence-corrected chi connectivity index (χ0v) is 24.2. The number of carbonyl (C=O) groups excluding carboxylic acids is 2.